The minimum atomic E-state index is 0.0992. The summed E-state index contributed by atoms with van der Waals surface area (Å²) in [5.74, 6) is 0.689. The van der Waals surface area contributed by atoms with Gasteiger partial charge in [0, 0.05) is 37.4 Å². The second kappa shape index (κ2) is 7.11. The Hall–Kier alpha value is -1.91. The van der Waals surface area contributed by atoms with Crippen molar-refractivity contribution in [2.24, 2.45) is 5.92 Å². The zero-order valence-corrected chi connectivity index (χ0v) is 13.8. The molecule has 0 spiro atoms. The molecule has 23 heavy (non-hydrogen) atoms. The molecule has 1 aromatic rings. The minimum absolute atomic E-state index is 0.0992. The van der Waals surface area contributed by atoms with Crippen LogP contribution >= 0.6 is 0 Å². The molecule has 0 N–H and O–H groups in total. The van der Waals surface area contributed by atoms with E-state index in [1.54, 1.807) is 4.90 Å². The van der Waals surface area contributed by atoms with Gasteiger partial charge in [0.15, 0.2) is 0 Å². The first-order valence-corrected chi connectivity index (χ1v) is 8.60. The number of likely N-dealkylation sites (tertiary alicyclic amines) is 2. The SMILES string of the molecule is Cc1cccc(CC2CCCN(C(=O)CN3CCCC3=O)C2)n1. The van der Waals surface area contributed by atoms with Crippen LogP contribution in [0.5, 0.6) is 0 Å². The molecule has 2 saturated heterocycles. The lowest BCUT2D eigenvalue weighted by Crippen LogP contribution is -2.45. The van der Waals surface area contributed by atoms with Gasteiger partial charge in [-0.15, -0.1) is 0 Å². The lowest BCUT2D eigenvalue weighted by atomic mass is 9.93. The average molecular weight is 315 g/mol. The van der Waals surface area contributed by atoms with E-state index < -0.39 is 0 Å². The van der Waals surface area contributed by atoms with Crippen LogP contribution in [0.1, 0.15) is 37.1 Å². The van der Waals surface area contributed by atoms with Gasteiger partial charge < -0.3 is 9.80 Å². The minimum Gasteiger partial charge on any atom is -0.341 e. The number of pyridine rings is 1. The summed E-state index contributed by atoms with van der Waals surface area (Å²) in [6, 6.07) is 6.12. The van der Waals surface area contributed by atoms with E-state index in [1.165, 1.54) is 0 Å². The molecule has 2 amide bonds. The molecular formula is C18H25N3O2. The fourth-order valence-electron chi connectivity index (χ4n) is 3.60. The summed E-state index contributed by atoms with van der Waals surface area (Å²) in [5, 5.41) is 0. The molecule has 2 aliphatic heterocycles. The molecule has 5 heteroatoms. The van der Waals surface area contributed by atoms with Gasteiger partial charge in [0.1, 0.15) is 0 Å². The van der Waals surface area contributed by atoms with Crippen molar-refractivity contribution in [2.45, 2.75) is 39.0 Å². The van der Waals surface area contributed by atoms with Crippen LogP contribution in [0.2, 0.25) is 0 Å². The number of aromatic nitrogens is 1. The number of carbonyl (C=O) groups excluding carboxylic acids is 2. The molecule has 0 aromatic carbocycles. The highest BCUT2D eigenvalue weighted by atomic mass is 16.2. The Morgan fingerprint density at radius 2 is 2.17 bits per heavy atom. The molecule has 1 aromatic heterocycles. The number of nitrogens with zero attached hydrogens (tertiary/aromatic N) is 3. The molecule has 2 aliphatic rings. The Balaban J connectivity index is 1.55. The lowest BCUT2D eigenvalue weighted by molar-refractivity contribution is -0.139. The largest absolute Gasteiger partial charge is 0.341 e. The molecule has 5 nitrogen and oxygen atoms in total. The zero-order valence-electron chi connectivity index (χ0n) is 13.8. The van der Waals surface area contributed by atoms with Gasteiger partial charge in [0.2, 0.25) is 11.8 Å². The summed E-state index contributed by atoms with van der Waals surface area (Å²) in [4.78, 5) is 32.4. The third kappa shape index (κ3) is 4.09. The van der Waals surface area contributed by atoms with Gasteiger partial charge in [0.05, 0.1) is 6.54 Å². The summed E-state index contributed by atoms with van der Waals surface area (Å²) < 4.78 is 0. The van der Waals surface area contributed by atoms with Crippen molar-refractivity contribution in [1.29, 1.82) is 0 Å². The fraction of sp³-hybridized carbons (Fsp3) is 0.611. The van der Waals surface area contributed by atoms with Crippen molar-refractivity contribution in [3.05, 3.63) is 29.6 Å². The first-order chi connectivity index (χ1) is 11.1. The highest BCUT2D eigenvalue weighted by Gasteiger charge is 2.28. The maximum atomic E-state index is 12.5. The van der Waals surface area contributed by atoms with E-state index in [0.717, 1.165) is 56.7 Å². The van der Waals surface area contributed by atoms with Gasteiger partial charge in [-0.2, -0.15) is 0 Å². The molecule has 0 bridgehead atoms. The summed E-state index contributed by atoms with van der Waals surface area (Å²) >= 11 is 0. The predicted octanol–water partition coefficient (Wildman–Crippen LogP) is 1.79. The van der Waals surface area contributed by atoms with Crippen LogP contribution in [0, 0.1) is 12.8 Å². The van der Waals surface area contributed by atoms with Crippen molar-refractivity contribution in [3.8, 4) is 0 Å². The molecule has 0 saturated carbocycles. The number of rotatable bonds is 4. The Morgan fingerprint density at radius 1 is 1.30 bits per heavy atom. The molecular weight excluding hydrogens is 290 g/mol. The normalized spacial score (nSPS) is 21.8. The molecule has 1 unspecified atom stereocenters. The summed E-state index contributed by atoms with van der Waals surface area (Å²) in [7, 11) is 0. The number of aryl methyl sites for hydroxylation is 1. The van der Waals surface area contributed by atoms with E-state index in [1.807, 2.05) is 24.0 Å². The van der Waals surface area contributed by atoms with E-state index in [2.05, 4.69) is 11.1 Å². The van der Waals surface area contributed by atoms with Crippen LogP contribution in [0.15, 0.2) is 18.2 Å². The summed E-state index contributed by atoms with van der Waals surface area (Å²) in [6.45, 7) is 4.60. The third-order valence-corrected chi connectivity index (χ3v) is 4.81. The summed E-state index contributed by atoms with van der Waals surface area (Å²) in [6.07, 6.45) is 4.58. The van der Waals surface area contributed by atoms with Crippen LogP contribution in [0.4, 0.5) is 0 Å². The fourth-order valence-corrected chi connectivity index (χ4v) is 3.60. The Bertz CT molecular complexity index is 587. The van der Waals surface area contributed by atoms with Gasteiger partial charge >= 0.3 is 0 Å². The average Bonchev–Trinajstić information content (AvgIpc) is 2.93. The molecule has 2 fully saturated rings. The van der Waals surface area contributed by atoms with E-state index in [9.17, 15) is 9.59 Å². The second-order valence-corrected chi connectivity index (χ2v) is 6.74. The molecule has 0 aliphatic carbocycles. The van der Waals surface area contributed by atoms with Crippen LogP contribution in [-0.2, 0) is 16.0 Å². The maximum absolute atomic E-state index is 12.5. The van der Waals surface area contributed by atoms with Gasteiger partial charge in [-0.05, 0) is 50.7 Å². The third-order valence-electron chi connectivity index (χ3n) is 4.81. The standard InChI is InChI=1S/C18H25N3O2/c1-14-5-2-7-16(19-14)11-15-6-3-9-20(12-15)18(23)13-21-10-4-8-17(21)22/h2,5,7,15H,3-4,6,8-13H2,1H3. The summed E-state index contributed by atoms with van der Waals surface area (Å²) in [5.41, 5.74) is 2.15. The molecule has 3 rings (SSSR count). The molecule has 124 valence electrons. The number of piperidine rings is 1. The van der Waals surface area contributed by atoms with E-state index in [0.29, 0.717) is 12.3 Å². The smallest absolute Gasteiger partial charge is 0.242 e. The van der Waals surface area contributed by atoms with Gasteiger partial charge in [-0.25, -0.2) is 0 Å². The Kier molecular flexibility index (Phi) is 4.94. The Labute approximate surface area is 137 Å². The van der Waals surface area contributed by atoms with Crippen molar-refractivity contribution >= 4 is 11.8 Å². The van der Waals surface area contributed by atoms with Gasteiger partial charge in [-0.3, -0.25) is 14.6 Å². The lowest BCUT2D eigenvalue weighted by Gasteiger charge is -2.33. The first kappa shape index (κ1) is 16.0. The monoisotopic (exact) mass is 315 g/mol. The second-order valence-electron chi connectivity index (χ2n) is 6.74. The topological polar surface area (TPSA) is 53.5 Å². The number of hydrogen-bond donors (Lipinski definition) is 0. The molecule has 1 atom stereocenters. The van der Waals surface area contributed by atoms with Gasteiger partial charge in [-0.1, -0.05) is 6.07 Å². The highest BCUT2D eigenvalue weighted by Crippen LogP contribution is 2.21. The number of hydrogen-bond acceptors (Lipinski definition) is 3. The van der Waals surface area contributed by atoms with E-state index >= 15 is 0 Å². The van der Waals surface area contributed by atoms with Crippen LogP contribution in [-0.4, -0.2) is 52.8 Å². The zero-order chi connectivity index (χ0) is 16.2. The molecule has 0 radical (unpaired) electrons. The van der Waals surface area contributed by atoms with E-state index in [-0.39, 0.29) is 18.4 Å². The van der Waals surface area contributed by atoms with Gasteiger partial charge in [0.25, 0.3) is 0 Å². The quantitative estimate of drug-likeness (QED) is 0.851. The number of carbonyl (C=O) groups is 2. The van der Waals surface area contributed by atoms with Crippen LogP contribution in [0.3, 0.4) is 0 Å². The van der Waals surface area contributed by atoms with Crippen molar-refractivity contribution in [3.63, 3.8) is 0 Å². The van der Waals surface area contributed by atoms with Crippen molar-refractivity contribution in [2.75, 3.05) is 26.2 Å². The predicted molar refractivity (Wildman–Crippen MR) is 87.8 cm³/mol. The van der Waals surface area contributed by atoms with E-state index in [4.69, 9.17) is 0 Å². The van der Waals surface area contributed by atoms with Crippen molar-refractivity contribution in [1.82, 2.24) is 14.8 Å². The number of amides is 2. The molecule has 3 heterocycles. The Morgan fingerprint density at radius 3 is 2.91 bits per heavy atom. The first-order valence-electron chi connectivity index (χ1n) is 8.60. The van der Waals surface area contributed by atoms with Crippen LogP contribution < -0.4 is 0 Å². The maximum Gasteiger partial charge on any atom is 0.242 e. The van der Waals surface area contributed by atoms with Crippen molar-refractivity contribution < 1.29 is 9.59 Å². The highest BCUT2D eigenvalue weighted by molar-refractivity contribution is 5.85. The van der Waals surface area contributed by atoms with Crippen LogP contribution in [0.25, 0.3) is 0 Å².